The van der Waals surface area contributed by atoms with Gasteiger partial charge < -0.3 is 20.1 Å². The molecule has 1 fully saturated rings. The Labute approximate surface area is 198 Å². The maximum atomic E-state index is 12.3. The number of amides is 1. The number of morpholine rings is 1. The summed E-state index contributed by atoms with van der Waals surface area (Å²) in [4.78, 5) is 35.3. The Morgan fingerprint density at radius 1 is 1.12 bits per heavy atom. The van der Waals surface area contributed by atoms with Gasteiger partial charge >= 0.3 is 6.09 Å². The standard InChI is InChI=1S/C25H29N5O4/c1-2-22(31)20-7-4-8-21-23(20)28-17-29-24(21)27-16-18-5-3-6-19(15-18)34-25(32)26-9-10-30-11-13-33-14-12-30/h3-8,15,17H,2,9-14,16H2,1H3,(H,26,32)(H,27,28,29). The minimum atomic E-state index is -0.478. The lowest BCUT2D eigenvalue weighted by molar-refractivity contribution is 0.0385. The lowest BCUT2D eigenvalue weighted by Crippen LogP contribution is -2.41. The van der Waals surface area contributed by atoms with E-state index >= 15 is 0 Å². The van der Waals surface area contributed by atoms with Crippen molar-refractivity contribution in [1.29, 1.82) is 0 Å². The molecule has 1 aliphatic rings. The zero-order valence-electron chi connectivity index (χ0n) is 19.3. The number of nitrogens with zero attached hydrogens (tertiary/aromatic N) is 3. The van der Waals surface area contributed by atoms with Gasteiger partial charge in [0, 0.05) is 50.1 Å². The first-order valence-corrected chi connectivity index (χ1v) is 11.5. The van der Waals surface area contributed by atoms with Gasteiger partial charge in [-0.05, 0) is 29.8 Å². The van der Waals surface area contributed by atoms with Crippen molar-refractivity contribution in [3.63, 3.8) is 0 Å². The second kappa shape index (κ2) is 11.5. The monoisotopic (exact) mass is 463 g/mol. The van der Waals surface area contributed by atoms with Crippen molar-refractivity contribution >= 4 is 28.6 Å². The SMILES string of the molecule is CCC(=O)c1cccc2c(NCc3cccc(OC(=O)NCCN4CCOCC4)c3)ncnc12. The number of carbonyl (C=O) groups excluding carboxylic acids is 2. The molecule has 0 radical (unpaired) electrons. The minimum Gasteiger partial charge on any atom is -0.410 e. The molecule has 0 unspecified atom stereocenters. The van der Waals surface area contributed by atoms with Crippen LogP contribution >= 0.6 is 0 Å². The number of carbonyl (C=O) groups is 2. The van der Waals surface area contributed by atoms with Crippen LogP contribution in [0.5, 0.6) is 5.75 Å². The molecule has 1 aromatic heterocycles. The number of ketones is 1. The molecule has 1 saturated heterocycles. The van der Waals surface area contributed by atoms with Crippen LogP contribution in [0.2, 0.25) is 0 Å². The van der Waals surface area contributed by atoms with Crippen LogP contribution in [0.25, 0.3) is 10.9 Å². The van der Waals surface area contributed by atoms with E-state index in [-0.39, 0.29) is 5.78 Å². The van der Waals surface area contributed by atoms with E-state index in [9.17, 15) is 9.59 Å². The number of fused-ring (bicyclic) bond motifs is 1. The van der Waals surface area contributed by atoms with Gasteiger partial charge in [-0.25, -0.2) is 14.8 Å². The van der Waals surface area contributed by atoms with E-state index in [0.717, 1.165) is 43.8 Å². The van der Waals surface area contributed by atoms with Crippen molar-refractivity contribution in [1.82, 2.24) is 20.2 Å². The molecule has 3 aromatic rings. The van der Waals surface area contributed by atoms with Gasteiger partial charge in [0.1, 0.15) is 17.9 Å². The van der Waals surface area contributed by atoms with Gasteiger partial charge in [-0.15, -0.1) is 0 Å². The average Bonchev–Trinajstić information content (AvgIpc) is 2.87. The fourth-order valence-corrected chi connectivity index (χ4v) is 3.83. The first kappa shape index (κ1) is 23.6. The van der Waals surface area contributed by atoms with Crippen LogP contribution < -0.4 is 15.4 Å². The lowest BCUT2D eigenvalue weighted by Gasteiger charge is -2.26. The normalized spacial score (nSPS) is 14.0. The molecule has 34 heavy (non-hydrogen) atoms. The van der Waals surface area contributed by atoms with Crippen LogP contribution in [0.3, 0.4) is 0 Å². The van der Waals surface area contributed by atoms with Crippen LogP contribution in [0, 0.1) is 0 Å². The molecule has 2 heterocycles. The maximum absolute atomic E-state index is 12.3. The fourth-order valence-electron chi connectivity index (χ4n) is 3.83. The average molecular weight is 464 g/mol. The third-order valence-corrected chi connectivity index (χ3v) is 5.66. The number of ether oxygens (including phenoxy) is 2. The summed E-state index contributed by atoms with van der Waals surface area (Å²) in [7, 11) is 0. The molecule has 0 spiro atoms. The Balaban J connectivity index is 1.34. The van der Waals surface area contributed by atoms with Crippen LogP contribution in [0.4, 0.5) is 10.6 Å². The van der Waals surface area contributed by atoms with E-state index in [1.54, 1.807) is 12.1 Å². The van der Waals surface area contributed by atoms with Gasteiger partial charge in [-0.1, -0.05) is 25.1 Å². The lowest BCUT2D eigenvalue weighted by atomic mass is 10.0. The number of hydrogen-bond donors (Lipinski definition) is 2. The van der Waals surface area contributed by atoms with Crippen molar-refractivity contribution in [2.75, 3.05) is 44.7 Å². The topological polar surface area (TPSA) is 106 Å². The first-order valence-electron chi connectivity index (χ1n) is 11.5. The molecule has 1 aliphatic heterocycles. The number of anilines is 1. The third-order valence-electron chi connectivity index (χ3n) is 5.66. The smallest absolute Gasteiger partial charge is 0.410 e. The van der Waals surface area contributed by atoms with Crippen LogP contribution in [-0.4, -0.2) is 66.1 Å². The van der Waals surface area contributed by atoms with Gasteiger partial charge in [-0.3, -0.25) is 9.69 Å². The summed E-state index contributed by atoms with van der Waals surface area (Å²) in [6.45, 7) is 6.80. The Morgan fingerprint density at radius 2 is 1.94 bits per heavy atom. The number of aromatic nitrogens is 2. The Bertz CT molecular complexity index is 1150. The second-order valence-electron chi connectivity index (χ2n) is 7.97. The van der Waals surface area contributed by atoms with Crippen LogP contribution in [0.1, 0.15) is 29.3 Å². The molecule has 178 valence electrons. The Kier molecular flexibility index (Phi) is 8.00. The number of hydrogen-bond acceptors (Lipinski definition) is 8. The highest BCUT2D eigenvalue weighted by Gasteiger charge is 2.13. The van der Waals surface area contributed by atoms with Gasteiger partial charge in [0.2, 0.25) is 0 Å². The zero-order chi connectivity index (χ0) is 23.8. The first-order chi connectivity index (χ1) is 16.6. The summed E-state index contributed by atoms with van der Waals surface area (Å²) in [5, 5.41) is 6.88. The molecule has 1 amide bonds. The number of benzene rings is 2. The molecule has 0 aliphatic carbocycles. The largest absolute Gasteiger partial charge is 0.412 e. The molecule has 0 bridgehead atoms. The summed E-state index contributed by atoms with van der Waals surface area (Å²) in [6, 6.07) is 12.8. The van der Waals surface area contributed by atoms with Gasteiger partial charge in [0.15, 0.2) is 5.78 Å². The highest BCUT2D eigenvalue weighted by molar-refractivity contribution is 6.08. The van der Waals surface area contributed by atoms with Crippen molar-refractivity contribution < 1.29 is 19.1 Å². The maximum Gasteiger partial charge on any atom is 0.412 e. The van der Waals surface area contributed by atoms with Gasteiger partial charge in [-0.2, -0.15) is 0 Å². The summed E-state index contributed by atoms with van der Waals surface area (Å²) in [5.74, 6) is 1.15. The van der Waals surface area contributed by atoms with Crippen LogP contribution in [0.15, 0.2) is 48.8 Å². The number of para-hydroxylation sites is 1. The Morgan fingerprint density at radius 3 is 2.76 bits per heavy atom. The minimum absolute atomic E-state index is 0.0447. The van der Waals surface area contributed by atoms with Gasteiger partial charge in [0.25, 0.3) is 0 Å². The molecule has 2 aromatic carbocycles. The van der Waals surface area contributed by atoms with E-state index in [2.05, 4.69) is 25.5 Å². The second-order valence-corrected chi connectivity index (χ2v) is 7.97. The van der Waals surface area contributed by atoms with E-state index in [4.69, 9.17) is 9.47 Å². The highest BCUT2D eigenvalue weighted by Crippen LogP contribution is 2.24. The molecule has 0 atom stereocenters. The van der Waals surface area contributed by atoms with Crippen molar-refractivity contribution in [2.45, 2.75) is 19.9 Å². The molecule has 0 saturated carbocycles. The van der Waals surface area contributed by atoms with Gasteiger partial charge in [0.05, 0.1) is 18.7 Å². The van der Waals surface area contributed by atoms with Crippen LogP contribution in [-0.2, 0) is 11.3 Å². The zero-order valence-corrected chi connectivity index (χ0v) is 19.3. The quantitative estimate of drug-likeness (QED) is 0.466. The van der Waals surface area contributed by atoms with E-state index < -0.39 is 6.09 Å². The van der Waals surface area contributed by atoms with E-state index in [1.807, 2.05) is 37.3 Å². The molecular formula is C25H29N5O4. The molecule has 4 rings (SSSR count). The molecule has 2 N–H and O–H groups in total. The predicted octanol–water partition coefficient (Wildman–Crippen LogP) is 3.26. The molecular weight excluding hydrogens is 434 g/mol. The van der Waals surface area contributed by atoms with Crippen molar-refractivity contribution in [3.05, 3.63) is 59.9 Å². The van der Waals surface area contributed by atoms with E-state index in [0.29, 0.717) is 42.2 Å². The van der Waals surface area contributed by atoms with E-state index in [1.165, 1.54) is 6.33 Å². The van der Waals surface area contributed by atoms with Crippen molar-refractivity contribution in [2.24, 2.45) is 0 Å². The number of rotatable bonds is 9. The number of Topliss-reactive ketones (excluding diaryl/α,β-unsaturated/α-hetero) is 1. The number of nitrogens with one attached hydrogen (secondary N) is 2. The highest BCUT2D eigenvalue weighted by atomic mass is 16.6. The third kappa shape index (κ3) is 6.06. The fraction of sp³-hybridized carbons (Fsp3) is 0.360. The predicted molar refractivity (Wildman–Crippen MR) is 129 cm³/mol. The van der Waals surface area contributed by atoms with Crippen molar-refractivity contribution in [3.8, 4) is 5.75 Å². The summed E-state index contributed by atoms with van der Waals surface area (Å²) >= 11 is 0. The molecule has 9 nitrogen and oxygen atoms in total. The summed E-state index contributed by atoms with van der Waals surface area (Å²) < 4.78 is 10.8. The Hall–Kier alpha value is -3.56. The molecule has 9 heteroatoms. The summed E-state index contributed by atoms with van der Waals surface area (Å²) in [5.41, 5.74) is 2.16. The summed E-state index contributed by atoms with van der Waals surface area (Å²) in [6.07, 6.45) is 1.39.